The molecule has 1 aliphatic carbocycles. The molecule has 5 nitrogen and oxygen atoms in total. The minimum atomic E-state index is -0.0385. The molecule has 1 fully saturated rings. The average molecular weight is 362 g/mol. The Kier molecular flexibility index (Phi) is 5.78. The molecule has 1 amide bonds. The largest absolute Gasteiger partial charge is 0.373 e. The number of thiophene rings is 1. The zero-order valence-electron chi connectivity index (χ0n) is 15.3. The van der Waals surface area contributed by atoms with E-state index >= 15 is 0 Å². The first kappa shape index (κ1) is 18.4. The second-order valence-electron chi connectivity index (χ2n) is 7.34. The van der Waals surface area contributed by atoms with Gasteiger partial charge in [-0.05, 0) is 44.6 Å². The van der Waals surface area contributed by atoms with Crippen LogP contribution in [0.2, 0.25) is 0 Å². The molecule has 3 rings (SSSR count). The van der Waals surface area contributed by atoms with E-state index in [9.17, 15) is 10.1 Å². The van der Waals surface area contributed by atoms with Crippen LogP contribution in [0.3, 0.4) is 0 Å². The number of fused-ring (bicyclic) bond motifs is 1. The third kappa shape index (κ3) is 4.22. The maximum Gasteiger partial charge on any atom is 0.239 e. The van der Waals surface area contributed by atoms with Crippen LogP contribution >= 0.6 is 11.3 Å². The van der Waals surface area contributed by atoms with E-state index in [0.29, 0.717) is 18.0 Å². The number of anilines is 1. The van der Waals surface area contributed by atoms with Crippen molar-refractivity contribution in [3.05, 3.63) is 16.0 Å². The number of ether oxygens (including phenoxy) is 1. The molecule has 1 N–H and O–H groups in total. The second-order valence-corrected chi connectivity index (χ2v) is 8.44. The van der Waals surface area contributed by atoms with Crippen molar-refractivity contribution in [2.45, 2.75) is 58.7 Å². The molecule has 0 radical (unpaired) electrons. The van der Waals surface area contributed by atoms with Gasteiger partial charge in [0.1, 0.15) is 11.1 Å². The Morgan fingerprint density at radius 3 is 2.76 bits per heavy atom. The van der Waals surface area contributed by atoms with Crippen LogP contribution in [-0.2, 0) is 22.4 Å². The molecule has 3 atom stereocenters. The molecule has 0 spiro atoms. The number of nitrogens with one attached hydrogen (secondary N) is 1. The summed E-state index contributed by atoms with van der Waals surface area (Å²) in [7, 11) is 0. The highest BCUT2D eigenvalue weighted by molar-refractivity contribution is 7.16. The van der Waals surface area contributed by atoms with Crippen molar-refractivity contribution in [1.82, 2.24) is 4.90 Å². The lowest BCUT2D eigenvalue weighted by Crippen LogP contribution is -2.48. The third-order valence-electron chi connectivity index (χ3n) is 5.17. The van der Waals surface area contributed by atoms with Crippen LogP contribution in [0, 0.1) is 17.2 Å². The molecule has 1 saturated heterocycles. The minimum absolute atomic E-state index is 0.0385. The van der Waals surface area contributed by atoms with E-state index in [4.69, 9.17) is 4.74 Å². The monoisotopic (exact) mass is 361 g/mol. The summed E-state index contributed by atoms with van der Waals surface area (Å²) in [5, 5.41) is 13.3. The lowest BCUT2D eigenvalue weighted by atomic mass is 9.86. The van der Waals surface area contributed by atoms with Crippen molar-refractivity contribution in [3.8, 4) is 6.07 Å². The number of carbonyl (C=O) groups is 1. The summed E-state index contributed by atoms with van der Waals surface area (Å²) >= 11 is 1.60. The number of amides is 1. The maximum absolute atomic E-state index is 12.5. The van der Waals surface area contributed by atoms with Gasteiger partial charge in [0.15, 0.2) is 0 Å². The minimum Gasteiger partial charge on any atom is -0.373 e. The van der Waals surface area contributed by atoms with Crippen molar-refractivity contribution in [2.24, 2.45) is 5.92 Å². The van der Waals surface area contributed by atoms with E-state index in [0.717, 1.165) is 37.4 Å². The zero-order chi connectivity index (χ0) is 18.0. The first-order valence-corrected chi connectivity index (χ1v) is 10.0. The molecule has 0 bridgehead atoms. The Labute approximate surface area is 154 Å². The van der Waals surface area contributed by atoms with Crippen LogP contribution in [0.25, 0.3) is 0 Å². The highest BCUT2D eigenvalue weighted by Gasteiger charge is 2.27. The number of rotatable bonds is 4. The van der Waals surface area contributed by atoms with Crippen LogP contribution in [0.4, 0.5) is 5.00 Å². The topological polar surface area (TPSA) is 65.4 Å². The smallest absolute Gasteiger partial charge is 0.239 e. The Morgan fingerprint density at radius 1 is 1.40 bits per heavy atom. The highest BCUT2D eigenvalue weighted by atomic mass is 32.1. The molecule has 1 aromatic rings. The summed E-state index contributed by atoms with van der Waals surface area (Å²) in [5.74, 6) is 0.668. The standard InChI is InChI=1S/C19H27N3O2S/c1-4-14-5-6-15-16(8-20)19(25-17(15)7-14)21-18(23)11-22-9-12(2)24-13(3)10-22/h12-14H,4-7,9-11H2,1-3H3,(H,21,23)/t12-,13-,14+/m0/s1. The second kappa shape index (κ2) is 7.86. The van der Waals surface area contributed by atoms with Crippen molar-refractivity contribution in [1.29, 1.82) is 5.26 Å². The van der Waals surface area contributed by atoms with Gasteiger partial charge in [-0.1, -0.05) is 13.3 Å². The van der Waals surface area contributed by atoms with Crippen molar-refractivity contribution in [3.63, 3.8) is 0 Å². The van der Waals surface area contributed by atoms with E-state index in [1.54, 1.807) is 11.3 Å². The molecule has 6 heteroatoms. The van der Waals surface area contributed by atoms with E-state index in [1.807, 2.05) is 13.8 Å². The Balaban J connectivity index is 1.67. The van der Waals surface area contributed by atoms with Crippen LogP contribution in [0.1, 0.15) is 49.6 Å². The summed E-state index contributed by atoms with van der Waals surface area (Å²) in [6, 6.07) is 2.32. The van der Waals surface area contributed by atoms with Crippen molar-refractivity contribution < 1.29 is 9.53 Å². The van der Waals surface area contributed by atoms with E-state index in [1.165, 1.54) is 16.9 Å². The predicted octanol–water partition coefficient (Wildman–Crippen LogP) is 3.18. The number of nitriles is 1. The molecule has 1 aliphatic heterocycles. The summed E-state index contributed by atoms with van der Waals surface area (Å²) in [4.78, 5) is 15.9. The van der Waals surface area contributed by atoms with Gasteiger partial charge in [0.2, 0.25) is 5.91 Å². The summed E-state index contributed by atoms with van der Waals surface area (Å²) in [5.41, 5.74) is 1.85. The molecule has 1 aromatic heterocycles. The van der Waals surface area contributed by atoms with Gasteiger partial charge in [-0.15, -0.1) is 11.3 Å². The molecule has 25 heavy (non-hydrogen) atoms. The molecule has 136 valence electrons. The van der Waals surface area contributed by atoms with Crippen molar-refractivity contribution in [2.75, 3.05) is 25.0 Å². The van der Waals surface area contributed by atoms with Gasteiger partial charge in [-0.25, -0.2) is 0 Å². The number of nitrogens with zero attached hydrogens (tertiary/aromatic N) is 2. The van der Waals surface area contributed by atoms with Gasteiger partial charge in [-0.3, -0.25) is 9.69 Å². The highest BCUT2D eigenvalue weighted by Crippen LogP contribution is 2.39. The van der Waals surface area contributed by atoms with Crippen LogP contribution in [-0.4, -0.2) is 42.6 Å². The molecule has 2 aliphatic rings. The molecule has 0 unspecified atom stereocenters. The first-order chi connectivity index (χ1) is 12.0. The van der Waals surface area contributed by atoms with Gasteiger partial charge in [0, 0.05) is 18.0 Å². The Morgan fingerprint density at radius 2 is 2.12 bits per heavy atom. The Bertz CT molecular complexity index is 669. The third-order valence-corrected chi connectivity index (χ3v) is 6.34. The summed E-state index contributed by atoms with van der Waals surface area (Å²) in [6.07, 6.45) is 4.61. The van der Waals surface area contributed by atoms with Crippen LogP contribution < -0.4 is 5.32 Å². The number of hydrogen-bond donors (Lipinski definition) is 1. The lowest BCUT2D eigenvalue weighted by Gasteiger charge is -2.34. The predicted molar refractivity (Wildman–Crippen MR) is 99.9 cm³/mol. The summed E-state index contributed by atoms with van der Waals surface area (Å²) < 4.78 is 5.71. The SMILES string of the molecule is CC[C@@H]1CCc2c(sc(NC(=O)CN3C[C@H](C)O[C@@H](C)C3)c2C#N)C1. The molecular formula is C19H27N3O2S. The van der Waals surface area contributed by atoms with Gasteiger partial charge in [0.25, 0.3) is 0 Å². The van der Waals surface area contributed by atoms with E-state index < -0.39 is 0 Å². The summed E-state index contributed by atoms with van der Waals surface area (Å²) in [6.45, 7) is 8.17. The maximum atomic E-state index is 12.5. The first-order valence-electron chi connectivity index (χ1n) is 9.22. The number of carbonyl (C=O) groups excluding carboxylic acids is 1. The van der Waals surface area contributed by atoms with Gasteiger partial charge in [-0.2, -0.15) is 5.26 Å². The van der Waals surface area contributed by atoms with E-state index in [-0.39, 0.29) is 18.1 Å². The quantitative estimate of drug-likeness (QED) is 0.894. The molecule has 2 heterocycles. The fourth-order valence-electron chi connectivity index (χ4n) is 3.99. The number of morpholine rings is 1. The van der Waals surface area contributed by atoms with E-state index in [2.05, 4.69) is 23.2 Å². The average Bonchev–Trinajstić information content (AvgIpc) is 2.89. The fraction of sp³-hybridized carbons (Fsp3) is 0.684. The van der Waals surface area contributed by atoms with Gasteiger partial charge in [0.05, 0.1) is 24.3 Å². The normalized spacial score (nSPS) is 26.7. The Hall–Kier alpha value is -1.42. The molecule has 0 aromatic carbocycles. The van der Waals surface area contributed by atoms with Crippen LogP contribution in [0.5, 0.6) is 0 Å². The number of hydrogen-bond acceptors (Lipinski definition) is 5. The lowest BCUT2D eigenvalue weighted by molar-refractivity contribution is -0.121. The molecule has 0 saturated carbocycles. The van der Waals surface area contributed by atoms with Crippen LogP contribution in [0.15, 0.2) is 0 Å². The van der Waals surface area contributed by atoms with Crippen molar-refractivity contribution >= 4 is 22.2 Å². The van der Waals surface area contributed by atoms with Gasteiger partial charge < -0.3 is 10.1 Å². The van der Waals surface area contributed by atoms with Gasteiger partial charge >= 0.3 is 0 Å². The molecular weight excluding hydrogens is 334 g/mol. The zero-order valence-corrected chi connectivity index (χ0v) is 16.1. The fourth-order valence-corrected chi connectivity index (χ4v) is 5.32.